The van der Waals surface area contributed by atoms with Crippen LogP contribution in [0.1, 0.15) is 24.0 Å². The summed E-state index contributed by atoms with van der Waals surface area (Å²) in [6.45, 7) is 4.12. The number of fused-ring (bicyclic) bond motifs is 1. The van der Waals surface area contributed by atoms with E-state index in [1.165, 1.54) is 5.56 Å². The van der Waals surface area contributed by atoms with Crippen molar-refractivity contribution in [2.24, 2.45) is 5.92 Å². The molecule has 1 atom stereocenters. The van der Waals surface area contributed by atoms with Gasteiger partial charge in [0.05, 0.1) is 16.6 Å². The van der Waals surface area contributed by atoms with Crippen molar-refractivity contribution in [3.63, 3.8) is 0 Å². The van der Waals surface area contributed by atoms with E-state index in [4.69, 9.17) is 16.7 Å². The molecule has 4 aromatic rings. The summed E-state index contributed by atoms with van der Waals surface area (Å²) in [5.41, 5.74) is 4.94. The lowest BCUT2D eigenvalue weighted by atomic mass is 9.96. The van der Waals surface area contributed by atoms with Crippen LogP contribution in [0.3, 0.4) is 0 Å². The van der Waals surface area contributed by atoms with E-state index in [0.717, 1.165) is 47.5 Å². The van der Waals surface area contributed by atoms with Gasteiger partial charge in [-0.3, -0.25) is 4.79 Å². The molecule has 2 aromatic heterocycles. The molecule has 33 heavy (non-hydrogen) atoms. The third kappa shape index (κ3) is 4.44. The Bertz CT molecular complexity index is 1300. The van der Waals surface area contributed by atoms with Crippen LogP contribution in [0, 0.1) is 12.8 Å². The summed E-state index contributed by atoms with van der Waals surface area (Å²) in [6, 6.07) is 17.9. The van der Waals surface area contributed by atoms with Crippen LogP contribution in [0.15, 0.2) is 67.0 Å². The van der Waals surface area contributed by atoms with Crippen LogP contribution < -0.4 is 10.2 Å². The Morgan fingerprint density at radius 3 is 2.85 bits per heavy atom. The van der Waals surface area contributed by atoms with Gasteiger partial charge in [0.15, 0.2) is 5.82 Å². The van der Waals surface area contributed by atoms with Gasteiger partial charge in [0.25, 0.3) is 0 Å². The topological polar surface area (TPSA) is 62.5 Å². The van der Waals surface area contributed by atoms with E-state index in [9.17, 15) is 4.79 Å². The predicted molar refractivity (Wildman–Crippen MR) is 131 cm³/mol. The van der Waals surface area contributed by atoms with Crippen molar-refractivity contribution in [3.05, 3.63) is 83.1 Å². The van der Waals surface area contributed by atoms with Gasteiger partial charge in [0, 0.05) is 37.6 Å². The van der Waals surface area contributed by atoms with E-state index in [0.29, 0.717) is 18.1 Å². The molecular weight excluding hydrogens is 434 g/mol. The summed E-state index contributed by atoms with van der Waals surface area (Å²) < 4.78 is 1.84. The van der Waals surface area contributed by atoms with Crippen LogP contribution in [0.4, 0.5) is 5.82 Å². The minimum atomic E-state index is -0.0733. The van der Waals surface area contributed by atoms with Gasteiger partial charge in [-0.2, -0.15) is 5.10 Å². The van der Waals surface area contributed by atoms with Gasteiger partial charge in [0.1, 0.15) is 5.52 Å². The van der Waals surface area contributed by atoms with E-state index < -0.39 is 0 Å². The van der Waals surface area contributed by atoms with Crippen LogP contribution in [0.5, 0.6) is 0 Å². The third-order valence-corrected chi connectivity index (χ3v) is 6.65. The molecule has 0 radical (unpaired) electrons. The van der Waals surface area contributed by atoms with E-state index in [-0.39, 0.29) is 11.8 Å². The fourth-order valence-electron chi connectivity index (χ4n) is 4.47. The molecule has 6 nitrogen and oxygen atoms in total. The fourth-order valence-corrected chi connectivity index (χ4v) is 4.70. The molecule has 0 spiro atoms. The van der Waals surface area contributed by atoms with Crippen molar-refractivity contribution < 1.29 is 4.79 Å². The molecule has 168 valence electrons. The van der Waals surface area contributed by atoms with Crippen LogP contribution in [0.2, 0.25) is 5.02 Å². The van der Waals surface area contributed by atoms with Crippen LogP contribution in [-0.4, -0.2) is 33.6 Å². The molecule has 0 unspecified atom stereocenters. The first-order chi connectivity index (χ1) is 16.1. The highest BCUT2D eigenvalue weighted by Gasteiger charge is 2.28. The molecule has 7 heteroatoms. The summed E-state index contributed by atoms with van der Waals surface area (Å²) in [4.78, 5) is 19.8. The Hall–Kier alpha value is -3.38. The molecule has 0 aliphatic carbocycles. The smallest absolute Gasteiger partial charge is 0.225 e. The minimum absolute atomic E-state index is 0.0733. The normalized spacial score (nSPS) is 16.2. The number of amides is 1. The number of anilines is 1. The molecule has 0 bridgehead atoms. The van der Waals surface area contributed by atoms with Crippen molar-refractivity contribution in [2.45, 2.75) is 26.3 Å². The van der Waals surface area contributed by atoms with Crippen molar-refractivity contribution in [1.29, 1.82) is 0 Å². The highest BCUT2D eigenvalue weighted by atomic mass is 35.5. The number of halogens is 1. The number of hydrogen-bond acceptors (Lipinski definition) is 4. The largest absolute Gasteiger partial charge is 0.354 e. The monoisotopic (exact) mass is 459 g/mol. The van der Waals surface area contributed by atoms with Crippen LogP contribution in [0.25, 0.3) is 16.8 Å². The predicted octanol–water partition coefficient (Wildman–Crippen LogP) is 4.89. The number of piperidine rings is 1. The first-order valence-electron chi connectivity index (χ1n) is 11.3. The second kappa shape index (κ2) is 9.24. The average Bonchev–Trinajstić information content (AvgIpc) is 3.28. The standard InChI is InChI=1S/C26H26ClN5O/c1-18-7-2-3-8-19(18)16-29-26(33)20-9-6-13-31(17-20)25-24-15-23(30-32(24)14-12-28-25)21-10-4-5-11-22(21)27/h2-5,7-8,10-12,14-15,20H,6,9,13,16-17H2,1H3,(H,29,33)/t20-/m0/s1. The average molecular weight is 460 g/mol. The second-order valence-corrected chi connectivity index (χ2v) is 8.93. The molecule has 5 rings (SSSR count). The zero-order valence-electron chi connectivity index (χ0n) is 18.5. The molecule has 1 amide bonds. The number of nitrogens with one attached hydrogen (secondary N) is 1. The van der Waals surface area contributed by atoms with Crippen molar-refractivity contribution in [1.82, 2.24) is 19.9 Å². The quantitative estimate of drug-likeness (QED) is 0.461. The van der Waals surface area contributed by atoms with E-state index in [1.54, 1.807) is 6.20 Å². The molecule has 1 aliphatic heterocycles. The Balaban J connectivity index is 1.35. The summed E-state index contributed by atoms with van der Waals surface area (Å²) in [6.07, 6.45) is 5.42. The lowest BCUT2D eigenvalue weighted by Crippen LogP contribution is -2.43. The van der Waals surface area contributed by atoms with Gasteiger partial charge in [-0.25, -0.2) is 9.50 Å². The van der Waals surface area contributed by atoms with Crippen LogP contribution in [-0.2, 0) is 11.3 Å². The van der Waals surface area contributed by atoms with E-state index >= 15 is 0 Å². The molecule has 2 aromatic carbocycles. The minimum Gasteiger partial charge on any atom is -0.354 e. The summed E-state index contributed by atoms with van der Waals surface area (Å²) in [7, 11) is 0. The number of rotatable bonds is 5. The molecular formula is C26H26ClN5O. The maximum Gasteiger partial charge on any atom is 0.225 e. The summed E-state index contributed by atoms with van der Waals surface area (Å²) in [5, 5.41) is 8.51. The van der Waals surface area contributed by atoms with Gasteiger partial charge in [-0.15, -0.1) is 0 Å². The van der Waals surface area contributed by atoms with E-state index in [2.05, 4.69) is 34.3 Å². The molecule has 1 aliphatic rings. The second-order valence-electron chi connectivity index (χ2n) is 8.52. The number of carbonyl (C=O) groups is 1. The van der Waals surface area contributed by atoms with Gasteiger partial charge < -0.3 is 10.2 Å². The maximum absolute atomic E-state index is 13.0. The van der Waals surface area contributed by atoms with Gasteiger partial charge in [-0.05, 0) is 43.0 Å². The van der Waals surface area contributed by atoms with Crippen LogP contribution >= 0.6 is 11.6 Å². The summed E-state index contributed by atoms with van der Waals surface area (Å²) >= 11 is 6.39. The third-order valence-electron chi connectivity index (χ3n) is 6.33. The molecule has 3 heterocycles. The highest BCUT2D eigenvalue weighted by Crippen LogP contribution is 2.31. The Morgan fingerprint density at radius 2 is 2.00 bits per heavy atom. The molecule has 1 saturated heterocycles. The first-order valence-corrected chi connectivity index (χ1v) is 11.6. The lowest BCUT2D eigenvalue weighted by molar-refractivity contribution is -0.125. The zero-order valence-corrected chi connectivity index (χ0v) is 19.3. The first kappa shape index (κ1) is 21.5. The molecule has 0 saturated carbocycles. The Labute approximate surface area is 198 Å². The number of aryl methyl sites for hydroxylation is 1. The van der Waals surface area contributed by atoms with E-state index in [1.807, 2.05) is 53.2 Å². The number of hydrogen-bond donors (Lipinski definition) is 1. The fraction of sp³-hybridized carbons (Fsp3) is 0.269. The molecule has 1 fully saturated rings. The number of aromatic nitrogens is 3. The van der Waals surface area contributed by atoms with Crippen molar-refractivity contribution >= 4 is 28.8 Å². The van der Waals surface area contributed by atoms with Gasteiger partial charge in [0.2, 0.25) is 5.91 Å². The number of benzene rings is 2. The van der Waals surface area contributed by atoms with Gasteiger partial charge in [-0.1, -0.05) is 54.1 Å². The Kier molecular flexibility index (Phi) is 6.01. The number of nitrogens with zero attached hydrogens (tertiary/aromatic N) is 4. The SMILES string of the molecule is Cc1ccccc1CNC(=O)[C@H]1CCCN(c2nccn3nc(-c4ccccc4Cl)cc23)C1. The van der Waals surface area contributed by atoms with Gasteiger partial charge >= 0.3 is 0 Å². The van der Waals surface area contributed by atoms with Crippen molar-refractivity contribution in [2.75, 3.05) is 18.0 Å². The lowest BCUT2D eigenvalue weighted by Gasteiger charge is -2.33. The summed E-state index contributed by atoms with van der Waals surface area (Å²) in [5.74, 6) is 0.871. The van der Waals surface area contributed by atoms with Crippen molar-refractivity contribution in [3.8, 4) is 11.3 Å². The highest BCUT2D eigenvalue weighted by molar-refractivity contribution is 6.33. The number of carbonyl (C=O) groups excluding carboxylic acids is 1. The maximum atomic E-state index is 13.0. The molecule has 1 N–H and O–H groups in total. The zero-order chi connectivity index (χ0) is 22.8. The Morgan fingerprint density at radius 1 is 1.18 bits per heavy atom.